The molecule has 0 aliphatic rings. The zero-order valence-electron chi connectivity index (χ0n) is 8.05. The van der Waals surface area contributed by atoms with Crippen LogP contribution in [-0.2, 0) is 4.74 Å². The second-order valence-electron chi connectivity index (χ2n) is 2.81. The van der Waals surface area contributed by atoms with Gasteiger partial charge in [-0.05, 0) is 19.8 Å². The van der Waals surface area contributed by atoms with E-state index < -0.39 is 0 Å². The Hall–Kier alpha value is -0.520. The lowest BCUT2D eigenvalue weighted by molar-refractivity contribution is 0.0401. The summed E-state index contributed by atoms with van der Waals surface area (Å²) in [6.45, 7) is 4.79. The van der Waals surface area contributed by atoms with Crippen LogP contribution in [0.4, 0.5) is 0 Å². The minimum Gasteiger partial charge on any atom is -0.377 e. The number of ether oxygens (including phenoxy) is 1. The molecule has 2 heteroatoms. The summed E-state index contributed by atoms with van der Waals surface area (Å²) in [5.41, 5.74) is 5.88. The lowest BCUT2D eigenvalue weighted by Gasteiger charge is -2.21. The van der Waals surface area contributed by atoms with Gasteiger partial charge in [0.2, 0.25) is 0 Å². The topological polar surface area (TPSA) is 35.2 Å². The van der Waals surface area contributed by atoms with Gasteiger partial charge in [0.05, 0.1) is 6.10 Å². The van der Waals surface area contributed by atoms with E-state index in [1.54, 1.807) is 0 Å². The Kier molecular flexibility index (Phi) is 6.84. The monoisotopic (exact) mass is 169 g/mol. The van der Waals surface area contributed by atoms with Crippen molar-refractivity contribution in [1.29, 1.82) is 0 Å². The first-order chi connectivity index (χ1) is 5.76. The molecule has 0 radical (unpaired) electrons. The zero-order chi connectivity index (χ0) is 9.40. The van der Waals surface area contributed by atoms with E-state index in [1.165, 1.54) is 0 Å². The molecule has 0 aromatic rings. The van der Waals surface area contributed by atoms with Crippen molar-refractivity contribution in [1.82, 2.24) is 0 Å². The summed E-state index contributed by atoms with van der Waals surface area (Å²) in [5, 5.41) is 0. The third kappa shape index (κ3) is 4.38. The number of rotatable bonds is 6. The van der Waals surface area contributed by atoms with Crippen molar-refractivity contribution in [2.75, 3.05) is 6.61 Å². The smallest absolute Gasteiger partial charge is 0.0723 e. The second kappa shape index (κ2) is 7.15. The summed E-state index contributed by atoms with van der Waals surface area (Å²) in [6, 6.07) is 0.0889. The van der Waals surface area contributed by atoms with Gasteiger partial charge in [0.1, 0.15) is 0 Å². The maximum absolute atomic E-state index is 5.88. The van der Waals surface area contributed by atoms with Crippen LogP contribution >= 0.6 is 0 Å². The van der Waals surface area contributed by atoms with Gasteiger partial charge in [-0.15, -0.1) is 12.3 Å². The van der Waals surface area contributed by atoms with Crippen LogP contribution in [0.5, 0.6) is 0 Å². The number of hydrogen-bond donors (Lipinski definition) is 1. The van der Waals surface area contributed by atoms with Gasteiger partial charge in [-0.2, -0.15) is 0 Å². The first-order valence-electron chi connectivity index (χ1n) is 4.56. The van der Waals surface area contributed by atoms with E-state index in [-0.39, 0.29) is 12.1 Å². The van der Waals surface area contributed by atoms with Crippen molar-refractivity contribution in [2.24, 2.45) is 5.73 Å². The molecule has 0 aromatic heterocycles. The van der Waals surface area contributed by atoms with E-state index in [2.05, 4.69) is 12.8 Å². The maximum Gasteiger partial charge on any atom is 0.0723 e. The quantitative estimate of drug-likeness (QED) is 0.612. The molecule has 0 aliphatic heterocycles. The van der Waals surface area contributed by atoms with Gasteiger partial charge in [-0.25, -0.2) is 0 Å². The van der Waals surface area contributed by atoms with Crippen LogP contribution in [0.2, 0.25) is 0 Å². The number of hydrogen-bond acceptors (Lipinski definition) is 2. The Bertz CT molecular complexity index is 139. The highest BCUT2D eigenvalue weighted by Crippen LogP contribution is 2.07. The average molecular weight is 169 g/mol. The third-order valence-electron chi connectivity index (χ3n) is 1.88. The summed E-state index contributed by atoms with van der Waals surface area (Å²) >= 11 is 0. The molecule has 0 heterocycles. The molecular weight excluding hydrogens is 150 g/mol. The molecule has 0 saturated heterocycles. The second-order valence-corrected chi connectivity index (χ2v) is 2.81. The molecule has 0 aliphatic carbocycles. The summed E-state index contributed by atoms with van der Waals surface area (Å²) in [4.78, 5) is 0. The van der Waals surface area contributed by atoms with Crippen molar-refractivity contribution >= 4 is 0 Å². The molecule has 2 unspecified atom stereocenters. The van der Waals surface area contributed by atoms with Crippen LogP contribution in [0.25, 0.3) is 0 Å². The van der Waals surface area contributed by atoms with E-state index in [0.717, 1.165) is 25.9 Å². The number of terminal acetylenes is 1. The molecule has 0 amide bonds. The van der Waals surface area contributed by atoms with E-state index in [9.17, 15) is 0 Å². The molecule has 0 aromatic carbocycles. The standard InChI is InChI=1S/C10H19NO/c1-4-7-8-9(11)10(5-2)12-6-3/h1,9-10H,5-8,11H2,2-3H3. The van der Waals surface area contributed by atoms with Gasteiger partial charge in [-0.1, -0.05) is 6.92 Å². The molecule has 0 rings (SSSR count). The first kappa shape index (κ1) is 11.5. The highest BCUT2D eigenvalue weighted by atomic mass is 16.5. The van der Waals surface area contributed by atoms with Crippen molar-refractivity contribution in [3.8, 4) is 12.3 Å². The molecule has 2 atom stereocenters. The van der Waals surface area contributed by atoms with Gasteiger partial charge in [0, 0.05) is 19.1 Å². The first-order valence-corrected chi connectivity index (χ1v) is 4.56. The normalized spacial score (nSPS) is 15.2. The minimum absolute atomic E-state index is 0.0889. The molecule has 0 saturated carbocycles. The van der Waals surface area contributed by atoms with Gasteiger partial charge in [0.15, 0.2) is 0 Å². The Balaban J connectivity index is 3.69. The Morgan fingerprint density at radius 1 is 1.50 bits per heavy atom. The summed E-state index contributed by atoms with van der Waals surface area (Å²) in [7, 11) is 0. The van der Waals surface area contributed by atoms with Gasteiger partial charge < -0.3 is 10.5 Å². The fourth-order valence-corrected chi connectivity index (χ4v) is 1.19. The molecule has 2 N–H and O–H groups in total. The van der Waals surface area contributed by atoms with Crippen molar-refractivity contribution in [3.63, 3.8) is 0 Å². The van der Waals surface area contributed by atoms with Crippen LogP contribution in [-0.4, -0.2) is 18.8 Å². The van der Waals surface area contributed by atoms with Crippen LogP contribution < -0.4 is 5.73 Å². The highest BCUT2D eigenvalue weighted by Gasteiger charge is 2.14. The van der Waals surface area contributed by atoms with Crippen molar-refractivity contribution in [3.05, 3.63) is 0 Å². The molecule has 0 fully saturated rings. The molecule has 2 nitrogen and oxygen atoms in total. The SMILES string of the molecule is C#CCCC(N)C(CC)OCC. The largest absolute Gasteiger partial charge is 0.377 e. The Morgan fingerprint density at radius 2 is 2.17 bits per heavy atom. The third-order valence-corrected chi connectivity index (χ3v) is 1.88. The fourth-order valence-electron chi connectivity index (χ4n) is 1.19. The molecule has 70 valence electrons. The molecule has 0 bridgehead atoms. The summed E-state index contributed by atoms with van der Waals surface area (Å²) in [6.07, 6.45) is 7.87. The van der Waals surface area contributed by atoms with E-state index >= 15 is 0 Å². The van der Waals surface area contributed by atoms with E-state index in [4.69, 9.17) is 16.9 Å². The average Bonchev–Trinajstić information content (AvgIpc) is 2.10. The summed E-state index contributed by atoms with van der Waals surface area (Å²) in [5.74, 6) is 2.58. The van der Waals surface area contributed by atoms with Gasteiger partial charge in [-0.3, -0.25) is 0 Å². The van der Waals surface area contributed by atoms with Gasteiger partial charge in [0.25, 0.3) is 0 Å². The van der Waals surface area contributed by atoms with E-state index in [0.29, 0.717) is 0 Å². The Morgan fingerprint density at radius 3 is 2.58 bits per heavy atom. The molecule has 0 spiro atoms. The van der Waals surface area contributed by atoms with Crippen LogP contribution in [0, 0.1) is 12.3 Å². The van der Waals surface area contributed by atoms with Crippen molar-refractivity contribution in [2.45, 2.75) is 45.3 Å². The fraction of sp³-hybridized carbons (Fsp3) is 0.800. The zero-order valence-corrected chi connectivity index (χ0v) is 8.05. The van der Waals surface area contributed by atoms with Crippen LogP contribution in [0.15, 0.2) is 0 Å². The minimum atomic E-state index is 0.0889. The highest BCUT2D eigenvalue weighted by molar-refractivity contribution is 4.86. The lowest BCUT2D eigenvalue weighted by atomic mass is 10.0. The van der Waals surface area contributed by atoms with E-state index in [1.807, 2.05) is 6.92 Å². The maximum atomic E-state index is 5.88. The lowest BCUT2D eigenvalue weighted by Crippen LogP contribution is -2.36. The number of nitrogens with two attached hydrogens (primary N) is 1. The summed E-state index contributed by atoms with van der Waals surface area (Å²) < 4.78 is 5.46. The van der Waals surface area contributed by atoms with Crippen LogP contribution in [0.1, 0.15) is 33.1 Å². The Labute approximate surface area is 75.5 Å². The molecular formula is C10H19NO. The molecule has 12 heavy (non-hydrogen) atoms. The predicted octanol–water partition coefficient (Wildman–Crippen LogP) is 1.54. The van der Waals surface area contributed by atoms with Crippen LogP contribution in [0.3, 0.4) is 0 Å². The predicted molar refractivity (Wildman–Crippen MR) is 51.7 cm³/mol. The van der Waals surface area contributed by atoms with Gasteiger partial charge >= 0.3 is 0 Å². The van der Waals surface area contributed by atoms with Crippen molar-refractivity contribution < 1.29 is 4.74 Å².